The van der Waals surface area contributed by atoms with Crippen molar-refractivity contribution in [2.24, 2.45) is 0 Å². The van der Waals surface area contributed by atoms with Crippen molar-refractivity contribution in [2.75, 3.05) is 18.8 Å². The molecule has 2 heteroatoms. The SMILES string of the molecule is CCCCCN(CCCc1ccc(N)cc1)C(C)C. The van der Waals surface area contributed by atoms with Crippen molar-refractivity contribution >= 4 is 5.69 Å². The van der Waals surface area contributed by atoms with Crippen molar-refractivity contribution < 1.29 is 0 Å². The van der Waals surface area contributed by atoms with Crippen molar-refractivity contribution in [1.82, 2.24) is 4.90 Å². The molecule has 0 aliphatic rings. The summed E-state index contributed by atoms with van der Waals surface area (Å²) in [4.78, 5) is 2.60. The molecule has 0 radical (unpaired) electrons. The van der Waals surface area contributed by atoms with Gasteiger partial charge in [0.05, 0.1) is 0 Å². The van der Waals surface area contributed by atoms with Gasteiger partial charge in [-0.2, -0.15) is 0 Å². The van der Waals surface area contributed by atoms with Gasteiger partial charge in [-0.05, 0) is 63.9 Å². The molecule has 0 heterocycles. The number of nitrogens with two attached hydrogens (primary N) is 1. The number of benzene rings is 1. The van der Waals surface area contributed by atoms with Gasteiger partial charge in [-0.1, -0.05) is 31.9 Å². The highest BCUT2D eigenvalue weighted by atomic mass is 15.1. The largest absolute Gasteiger partial charge is 0.399 e. The van der Waals surface area contributed by atoms with Crippen LogP contribution in [0.1, 0.15) is 52.0 Å². The topological polar surface area (TPSA) is 29.3 Å². The molecule has 2 nitrogen and oxygen atoms in total. The summed E-state index contributed by atoms with van der Waals surface area (Å²) in [5.41, 5.74) is 7.95. The van der Waals surface area contributed by atoms with E-state index in [0.29, 0.717) is 6.04 Å². The van der Waals surface area contributed by atoms with Crippen LogP contribution in [-0.4, -0.2) is 24.0 Å². The first-order chi connectivity index (χ1) is 9.13. The van der Waals surface area contributed by atoms with Gasteiger partial charge >= 0.3 is 0 Å². The standard InChI is InChI=1S/C17H30N2/c1-4-5-6-13-19(15(2)3)14-7-8-16-9-11-17(18)12-10-16/h9-12,15H,4-8,13-14,18H2,1-3H3. The summed E-state index contributed by atoms with van der Waals surface area (Å²) in [6, 6.07) is 8.94. The molecule has 1 aromatic carbocycles. The van der Waals surface area contributed by atoms with E-state index in [1.807, 2.05) is 12.1 Å². The van der Waals surface area contributed by atoms with Gasteiger partial charge in [0.25, 0.3) is 0 Å². The second-order valence-electron chi connectivity index (χ2n) is 5.68. The fraction of sp³-hybridized carbons (Fsp3) is 0.647. The third kappa shape index (κ3) is 6.63. The minimum Gasteiger partial charge on any atom is -0.399 e. The average Bonchev–Trinajstić information content (AvgIpc) is 2.39. The lowest BCUT2D eigenvalue weighted by atomic mass is 10.1. The molecule has 0 bridgehead atoms. The van der Waals surface area contributed by atoms with E-state index < -0.39 is 0 Å². The van der Waals surface area contributed by atoms with E-state index in [9.17, 15) is 0 Å². The summed E-state index contributed by atoms with van der Waals surface area (Å²) >= 11 is 0. The monoisotopic (exact) mass is 262 g/mol. The second-order valence-corrected chi connectivity index (χ2v) is 5.68. The molecule has 0 saturated carbocycles. The molecular weight excluding hydrogens is 232 g/mol. The van der Waals surface area contributed by atoms with Crippen molar-refractivity contribution in [3.63, 3.8) is 0 Å². The Hall–Kier alpha value is -1.02. The van der Waals surface area contributed by atoms with E-state index in [4.69, 9.17) is 5.73 Å². The molecule has 1 aromatic rings. The maximum absolute atomic E-state index is 5.70. The summed E-state index contributed by atoms with van der Waals surface area (Å²) in [5.74, 6) is 0. The van der Waals surface area contributed by atoms with E-state index in [2.05, 4.69) is 37.8 Å². The number of anilines is 1. The van der Waals surface area contributed by atoms with Crippen LogP contribution >= 0.6 is 0 Å². The van der Waals surface area contributed by atoms with Gasteiger partial charge in [0, 0.05) is 11.7 Å². The van der Waals surface area contributed by atoms with Crippen molar-refractivity contribution in [3.05, 3.63) is 29.8 Å². The fourth-order valence-electron chi connectivity index (χ4n) is 2.36. The van der Waals surface area contributed by atoms with Gasteiger partial charge in [-0.25, -0.2) is 0 Å². The molecule has 0 aromatic heterocycles. The average molecular weight is 262 g/mol. The first-order valence-corrected chi connectivity index (χ1v) is 7.72. The van der Waals surface area contributed by atoms with Crippen LogP contribution in [0.15, 0.2) is 24.3 Å². The first kappa shape index (κ1) is 16.0. The predicted octanol–water partition coefficient (Wildman–Crippen LogP) is 4.10. The van der Waals surface area contributed by atoms with Crippen molar-refractivity contribution in [3.8, 4) is 0 Å². The van der Waals surface area contributed by atoms with E-state index in [1.165, 1.54) is 44.3 Å². The lowest BCUT2D eigenvalue weighted by Gasteiger charge is -2.26. The van der Waals surface area contributed by atoms with Gasteiger partial charge in [0.1, 0.15) is 0 Å². The zero-order valence-corrected chi connectivity index (χ0v) is 12.9. The highest BCUT2D eigenvalue weighted by molar-refractivity contribution is 5.39. The number of hydrogen-bond donors (Lipinski definition) is 1. The van der Waals surface area contributed by atoms with Crippen LogP contribution in [0.2, 0.25) is 0 Å². The Bertz CT molecular complexity index is 330. The maximum atomic E-state index is 5.70. The minimum atomic E-state index is 0.656. The van der Waals surface area contributed by atoms with Crippen LogP contribution < -0.4 is 5.73 Å². The number of unbranched alkanes of at least 4 members (excludes halogenated alkanes) is 2. The normalized spacial score (nSPS) is 11.4. The molecule has 0 fully saturated rings. The zero-order chi connectivity index (χ0) is 14.1. The van der Waals surface area contributed by atoms with Gasteiger partial charge in [-0.15, -0.1) is 0 Å². The molecule has 2 N–H and O–H groups in total. The zero-order valence-electron chi connectivity index (χ0n) is 12.9. The van der Waals surface area contributed by atoms with Crippen LogP contribution in [0.3, 0.4) is 0 Å². The highest BCUT2D eigenvalue weighted by Crippen LogP contribution is 2.10. The maximum Gasteiger partial charge on any atom is 0.0314 e. The second kappa shape index (κ2) is 8.98. The lowest BCUT2D eigenvalue weighted by Crippen LogP contribution is -2.33. The summed E-state index contributed by atoms with van der Waals surface area (Å²) in [7, 11) is 0. The molecule has 0 aliphatic heterocycles. The number of hydrogen-bond acceptors (Lipinski definition) is 2. The molecule has 0 unspecified atom stereocenters. The van der Waals surface area contributed by atoms with Crippen LogP contribution in [0.25, 0.3) is 0 Å². The molecule has 0 atom stereocenters. The Balaban J connectivity index is 2.29. The summed E-state index contributed by atoms with van der Waals surface area (Å²) in [6.45, 7) is 9.31. The van der Waals surface area contributed by atoms with Crippen LogP contribution in [-0.2, 0) is 6.42 Å². The fourth-order valence-corrected chi connectivity index (χ4v) is 2.36. The number of nitrogens with zero attached hydrogens (tertiary/aromatic N) is 1. The molecule has 108 valence electrons. The lowest BCUT2D eigenvalue weighted by molar-refractivity contribution is 0.215. The number of aryl methyl sites for hydroxylation is 1. The molecule has 19 heavy (non-hydrogen) atoms. The Morgan fingerprint density at radius 3 is 2.21 bits per heavy atom. The highest BCUT2D eigenvalue weighted by Gasteiger charge is 2.08. The predicted molar refractivity (Wildman–Crippen MR) is 85.4 cm³/mol. The quantitative estimate of drug-likeness (QED) is 0.536. The molecule has 0 aliphatic carbocycles. The molecule has 0 saturated heterocycles. The first-order valence-electron chi connectivity index (χ1n) is 7.72. The Labute approximate surface area is 119 Å². The molecule has 0 spiro atoms. The Kier molecular flexibility index (Phi) is 7.57. The van der Waals surface area contributed by atoms with E-state index in [-0.39, 0.29) is 0 Å². The van der Waals surface area contributed by atoms with Crippen molar-refractivity contribution in [1.29, 1.82) is 0 Å². The summed E-state index contributed by atoms with van der Waals surface area (Å²) in [5, 5.41) is 0. The van der Waals surface area contributed by atoms with Crippen molar-refractivity contribution in [2.45, 2.75) is 58.9 Å². The van der Waals surface area contributed by atoms with Gasteiger partial charge in [0.2, 0.25) is 0 Å². The van der Waals surface area contributed by atoms with Crippen LogP contribution in [0, 0.1) is 0 Å². The molecule has 0 amide bonds. The van der Waals surface area contributed by atoms with Gasteiger partial charge in [-0.3, -0.25) is 0 Å². The molecule has 1 rings (SSSR count). The third-order valence-electron chi connectivity index (χ3n) is 3.67. The smallest absolute Gasteiger partial charge is 0.0314 e. The summed E-state index contributed by atoms with van der Waals surface area (Å²) < 4.78 is 0. The summed E-state index contributed by atoms with van der Waals surface area (Å²) in [6.07, 6.45) is 6.36. The number of nitrogen functional groups attached to an aromatic ring is 1. The Morgan fingerprint density at radius 2 is 1.63 bits per heavy atom. The van der Waals surface area contributed by atoms with E-state index in [1.54, 1.807) is 0 Å². The van der Waals surface area contributed by atoms with Gasteiger partial charge < -0.3 is 10.6 Å². The van der Waals surface area contributed by atoms with E-state index >= 15 is 0 Å². The van der Waals surface area contributed by atoms with E-state index in [0.717, 1.165) is 12.1 Å². The minimum absolute atomic E-state index is 0.656. The third-order valence-corrected chi connectivity index (χ3v) is 3.67. The van der Waals surface area contributed by atoms with Gasteiger partial charge in [0.15, 0.2) is 0 Å². The van der Waals surface area contributed by atoms with Crippen LogP contribution in [0.4, 0.5) is 5.69 Å². The Morgan fingerprint density at radius 1 is 1.00 bits per heavy atom. The number of rotatable bonds is 9. The molecular formula is C17H30N2. The van der Waals surface area contributed by atoms with Crippen LogP contribution in [0.5, 0.6) is 0 Å².